The minimum atomic E-state index is -0.862. The van der Waals surface area contributed by atoms with Crippen molar-refractivity contribution in [2.75, 3.05) is 13.7 Å². The van der Waals surface area contributed by atoms with Gasteiger partial charge in [-0.1, -0.05) is 19.9 Å². The third-order valence-corrected chi connectivity index (χ3v) is 6.17. The van der Waals surface area contributed by atoms with E-state index in [-0.39, 0.29) is 11.7 Å². The van der Waals surface area contributed by atoms with Gasteiger partial charge < -0.3 is 14.8 Å². The van der Waals surface area contributed by atoms with Crippen molar-refractivity contribution in [1.82, 2.24) is 5.32 Å². The summed E-state index contributed by atoms with van der Waals surface area (Å²) in [5.74, 6) is -2.82. The third kappa shape index (κ3) is 3.51. The fourth-order valence-electron chi connectivity index (χ4n) is 3.96. The maximum Gasteiger partial charge on any atom is 0.336 e. The van der Waals surface area contributed by atoms with E-state index in [1.54, 1.807) is 0 Å². The number of carbonyl (C=O) groups is 3. The molecule has 0 unspecified atom stereocenters. The summed E-state index contributed by atoms with van der Waals surface area (Å²) in [5.41, 5.74) is 2.38. The van der Waals surface area contributed by atoms with Crippen molar-refractivity contribution in [1.29, 1.82) is 0 Å². The molecule has 0 radical (unpaired) electrons. The Kier molecular flexibility index (Phi) is 6.03. The van der Waals surface area contributed by atoms with Crippen molar-refractivity contribution in [3.05, 3.63) is 44.9 Å². The Morgan fingerprint density at radius 1 is 1.36 bits per heavy atom. The molecule has 0 spiro atoms. The summed E-state index contributed by atoms with van der Waals surface area (Å²) in [4.78, 5) is 39.4. The number of dihydropyridines is 1. The highest BCUT2D eigenvalue weighted by Crippen LogP contribution is 2.46. The van der Waals surface area contributed by atoms with Crippen LogP contribution < -0.4 is 5.32 Å². The van der Waals surface area contributed by atoms with Crippen LogP contribution in [0.5, 0.6) is 0 Å². The smallest absolute Gasteiger partial charge is 0.336 e. The molecule has 0 saturated carbocycles. The first-order valence-electron chi connectivity index (χ1n) is 9.44. The molecule has 7 heteroatoms. The van der Waals surface area contributed by atoms with E-state index in [2.05, 4.69) is 5.32 Å². The number of esters is 2. The number of Topliss-reactive ketones (excluding diaryl/α,β-unsaturated/α-hetero) is 1. The molecule has 1 aliphatic carbocycles. The highest BCUT2D eigenvalue weighted by atomic mass is 32.1. The van der Waals surface area contributed by atoms with E-state index in [0.717, 1.165) is 10.6 Å². The van der Waals surface area contributed by atoms with Gasteiger partial charge in [0, 0.05) is 21.8 Å². The van der Waals surface area contributed by atoms with Gasteiger partial charge in [0.05, 0.1) is 25.2 Å². The van der Waals surface area contributed by atoms with Gasteiger partial charge in [-0.3, -0.25) is 9.59 Å². The number of nitrogens with one attached hydrogen (secondary N) is 1. The molecular weight excluding hydrogens is 378 g/mol. The topological polar surface area (TPSA) is 81.7 Å². The summed E-state index contributed by atoms with van der Waals surface area (Å²) in [6, 6.07) is 3.80. The molecule has 3 atom stereocenters. The average molecular weight is 404 g/mol. The molecule has 3 rings (SSSR count). The van der Waals surface area contributed by atoms with Crippen molar-refractivity contribution in [2.24, 2.45) is 11.8 Å². The number of hydrogen-bond acceptors (Lipinski definition) is 7. The maximum atomic E-state index is 13.4. The van der Waals surface area contributed by atoms with E-state index in [9.17, 15) is 14.4 Å². The van der Waals surface area contributed by atoms with Crippen molar-refractivity contribution in [3.8, 4) is 0 Å². The monoisotopic (exact) mass is 403 g/mol. The summed E-state index contributed by atoms with van der Waals surface area (Å²) in [6.07, 6.45) is 1.25. The van der Waals surface area contributed by atoms with Gasteiger partial charge in [0.2, 0.25) is 0 Å². The van der Waals surface area contributed by atoms with Gasteiger partial charge >= 0.3 is 11.9 Å². The SMILES string of the molecule is CCCOC(=O)C1=C(C)NC2=C(C(=O)[C@@H](C(=O)OC)[C@@H](C)C2)[C@@H]1c1cccs1. The van der Waals surface area contributed by atoms with Crippen LogP contribution in [-0.4, -0.2) is 31.4 Å². The fourth-order valence-corrected chi connectivity index (χ4v) is 4.81. The molecule has 150 valence electrons. The summed E-state index contributed by atoms with van der Waals surface area (Å²) >= 11 is 1.48. The van der Waals surface area contributed by atoms with Crippen LogP contribution in [0, 0.1) is 11.8 Å². The maximum absolute atomic E-state index is 13.4. The highest BCUT2D eigenvalue weighted by molar-refractivity contribution is 7.10. The van der Waals surface area contributed by atoms with E-state index in [0.29, 0.717) is 36.3 Å². The van der Waals surface area contributed by atoms with Crippen LogP contribution in [0.25, 0.3) is 0 Å². The van der Waals surface area contributed by atoms with Crippen LogP contribution in [0.15, 0.2) is 40.1 Å². The molecule has 6 nitrogen and oxygen atoms in total. The second-order valence-electron chi connectivity index (χ2n) is 7.19. The molecule has 2 heterocycles. The van der Waals surface area contributed by atoms with Gasteiger partial charge in [-0.25, -0.2) is 4.79 Å². The molecule has 28 heavy (non-hydrogen) atoms. The van der Waals surface area contributed by atoms with E-state index < -0.39 is 23.8 Å². The van der Waals surface area contributed by atoms with Gasteiger partial charge in [-0.15, -0.1) is 11.3 Å². The Hall–Kier alpha value is -2.41. The number of methoxy groups -OCH3 is 1. The minimum Gasteiger partial charge on any atom is -0.468 e. The van der Waals surface area contributed by atoms with Crippen molar-refractivity contribution in [3.63, 3.8) is 0 Å². The molecule has 1 aromatic rings. The Labute approximate surface area is 168 Å². The predicted octanol–water partition coefficient (Wildman–Crippen LogP) is 3.31. The summed E-state index contributed by atoms with van der Waals surface area (Å²) in [6.45, 7) is 5.94. The van der Waals surface area contributed by atoms with Gasteiger partial charge in [-0.2, -0.15) is 0 Å². The molecule has 0 aromatic carbocycles. The van der Waals surface area contributed by atoms with E-state index in [1.165, 1.54) is 18.4 Å². The predicted molar refractivity (Wildman–Crippen MR) is 105 cm³/mol. The molecule has 0 bridgehead atoms. The zero-order valence-electron chi connectivity index (χ0n) is 16.5. The number of hydrogen-bond donors (Lipinski definition) is 1. The van der Waals surface area contributed by atoms with E-state index in [4.69, 9.17) is 9.47 Å². The molecule has 0 fully saturated rings. The normalized spacial score (nSPS) is 24.6. The lowest BCUT2D eigenvalue weighted by Crippen LogP contribution is -2.43. The average Bonchev–Trinajstić information content (AvgIpc) is 3.19. The molecule has 2 aliphatic rings. The van der Waals surface area contributed by atoms with E-state index >= 15 is 0 Å². The largest absolute Gasteiger partial charge is 0.468 e. The Bertz CT molecular complexity index is 852. The first-order chi connectivity index (χ1) is 13.4. The third-order valence-electron chi connectivity index (χ3n) is 5.23. The number of ether oxygens (including phenoxy) is 2. The second kappa shape index (κ2) is 8.31. The minimum absolute atomic E-state index is 0.184. The van der Waals surface area contributed by atoms with Gasteiger partial charge in [0.1, 0.15) is 5.92 Å². The Morgan fingerprint density at radius 2 is 2.11 bits per heavy atom. The van der Waals surface area contributed by atoms with Gasteiger partial charge in [0.25, 0.3) is 0 Å². The van der Waals surface area contributed by atoms with Crippen molar-refractivity contribution >= 4 is 29.1 Å². The Morgan fingerprint density at radius 3 is 2.71 bits per heavy atom. The lowest BCUT2D eigenvalue weighted by molar-refractivity contribution is -0.151. The number of allylic oxidation sites excluding steroid dienone is 3. The second-order valence-corrected chi connectivity index (χ2v) is 8.17. The number of carbonyl (C=O) groups excluding carboxylic acids is 3. The van der Waals surface area contributed by atoms with Crippen LogP contribution in [0.4, 0.5) is 0 Å². The van der Waals surface area contributed by atoms with Crippen LogP contribution in [-0.2, 0) is 23.9 Å². The summed E-state index contributed by atoms with van der Waals surface area (Å²) < 4.78 is 10.3. The first kappa shape index (κ1) is 20.3. The molecule has 1 aromatic heterocycles. The molecular formula is C21H25NO5S. The summed E-state index contributed by atoms with van der Waals surface area (Å²) in [5, 5.41) is 5.16. The van der Waals surface area contributed by atoms with Crippen LogP contribution in [0.2, 0.25) is 0 Å². The standard InChI is InChI=1S/C21H25NO5S/c1-5-8-27-21(25)16-12(3)22-13-10-11(2)15(20(24)26-4)19(23)17(13)18(16)14-7-6-9-28-14/h6-7,9,11,15,18,22H,5,8,10H2,1-4H3/t11-,15-,18+/m0/s1. The quantitative estimate of drug-likeness (QED) is 0.600. The van der Waals surface area contributed by atoms with Crippen molar-refractivity contribution < 1.29 is 23.9 Å². The first-order valence-corrected chi connectivity index (χ1v) is 10.3. The van der Waals surface area contributed by atoms with Crippen LogP contribution in [0.3, 0.4) is 0 Å². The van der Waals surface area contributed by atoms with Crippen molar-refractivity contribution in [2.45, 2.75) is 39.5 Å². The molecule has 0 saturated heterocycles. The lowest BCUT2D eigenvalue weighted by atomic mass is 9.70. The zero-order valence-corrected chi connectivity index (χ0v) is 17.4. The number of ketones is 1. The highest BCUT2D eigenvalue weighted by Gasteiger charge is 2.47. The molecule has 1 N–H and O–H groups in total. The van der Waals surface area contributed by atoms with Gasteiger partial charge in [-0.05, 0) is 37.1 Å². The summed E-state index contributed by atoms with van der Waals surface area (Å²) in [7, 11) is 1.29. The van der Waals surface area contributed by atoms with Crippen LogP contribution >= 0.6 is 11.3 Å². The van der Waals surface area contributed by atoms with Crippen LogP contribution in [0.1, 0.15) is 44.4 Å². The number of thiophene rings is 1. The number of rotatable bonds is 5. The van der Waals surface area contributed by atoms with E-state index in [1.807, 2.05) is 38.3 Å². The molecule has 1 aliphatic heterocycles. The lowest BCUT2D eigenvalue weighted by Gasteiger charge is -2.37. The zero-order chi connectivity index (χ0) is 20.4. The fraction of sp³-hybridized carbons (Fsp3) is 0.476. The Balaban J connectivity index is 2.10. The molecule has 0 amide bonds. The van der Waals surface area contributed by atoms with Gasteiger partial charge in [0.15, 0.2) is 5.78 Å².